The van der Waals surface area contributed by atoms with E-state index in [-0.39, 0.29) is 17.0 Å². The Kier molecular flexibility index (Phi) is 3.67. The highest BCUT2D eigenvalue weighted by Gasteiger charge is 2.41. The summed E-state index contributed by atoms with van der Waals surface area (Å²) >= 11 is 11.3. The van der Waals surface area contributed by atoms with Crippen molar-refractivity contribution in [2.24, 2.45) is 0 Å². The molecular formula is C12H12Cl2F3N3. The third-order valence-electron chi connectivity index (χ3n) is 2.74. The molecule has 0 spiro atoms. The first-order chi connectivity index (χ1) is 9.01. The Morgan fingerprint density at radius 1 is 1.20 bits per heavy atom. The molecule has 3 nitrogen and oxygen atoms in total. The highest BCUT2D eigenvalue weighted by Crippen LogP contribution is 2.38. The normalized spacial score (nSPS) is 13.4. The molecule has 20 heavy (non-hydrogen) atoms. The van der Waals surface area contributed by atoms with Gasteiger partial charge in [-0.2, -0.15) is 13.2 Å². The lowest BCUT2D eigenvalue weighted by atomic mass is 9.90. The van der Waals surface area contributed by atoms with Gasteiger partial charge in [0.2, 0.25) is 0 Å². The molecule has 2 rings (SSSR count). The molecule has 0 aliphatic carbocycles. The molecule has 0 amide bonds. The average molecular weight is 326 g/mol. The van der Waals surface area contributed by atoms with Crippen LogP contribution in [0.1, 0.15) is 42.7 Å². The zero-order valence-electron chi connectivity index (χ0n) is 11.0. The van der Waals surface area contributed by atoms with Crippen LogP contribution in [0.3, 0.4) is 0 Å². The number of hydrogen-bond acceptors (Lipinski definition) is 2. The molecule has 0 aliphatic heterocycles. The van der Waals surface area contributed by atoms with E-state index < -0.39 is 22.1 Å². The Morgan fingerprint density at radius 2 is 1.80 bits per heavy atom. The van der Waals surface area contributed by atoms with Crippen LogP contribution in [0.15, 0.2) is 12.4 Å². The van der Waals surface area contributed by atoms with E-state index in [1.165, 1.54) is 6.07 Å². The first-order valence-electron chi connectivity index (χ1n) is 5.75. The van der Waals surface area contributed by atoms with E-state index in [1.54, 1.807) is 20.8 Å². The van der Waals surface area contributed by atoms with Crippen molar-refractivity contribution in [3.63, 3.8) is 0 Å². The maximum absolute atomic E-state index is 13.3. The summed E-state index contributed by atoms with van der Waals surface area (Å²) in [5.74, 6) is 0. The van der Waals surface area contributed by atoms with E-state index in [9.17, 15) is 13.2 Å². The summed E-state index contributed by atoms with van der Waals surface area (Å²) in [5, 5.41) is 0. The average Bonchev–Trinajstić information content (AvgIpc) is 2.65. The SMILES string of the molecule is CC(C)(C)c1nc2cc(C(Cl)Cl)ncn2c1C(F)(F)F. The molecular weight excluding hydrogens is 314 g/mol. The lowest BCUT2D eigenvalue weighted by Crippen LogP contribution is -2.20. The minimum absolute atomic E-state index is 0.0374. The molecule has 0 radical (unpaired) electrons. The monoisotopic (exact) mass is 325 g/mol. The van der Waals surface area contributed by atoms with Gasteiger partial charge < -0.3 is 0 Å². The van der Waals surface area contributed by atoms with Crippen LogP contribution in [0.4, 0.5) is 13.2 Å². The summed E-state index contributed by atoms with van der Waals surface area (Å²) in [7, 11) is 0. The Morgan fingerprint density at radius 3 is 2.25 bits per heavy atom. The van der Waals surface area contributed by atoms with Crippen molar-refractivity contribution in [2.45, 2.75) is 37.2 Å². The largest absolute Gasteiger partial charge is 0.433 e. The van der Waals surface area contributed by atoms with Crippen molar-refractivity contribution in [3.8, 4) is 0 Å². The van der Waals surface area contributed by atoms with Gasteiger partial charge in [0, 0.05) is 11.5 Å². The summed E-state index contributed by atoms with van der Waals surface area (Å²) in [6.07, 6.45) is -3.47. The highest BCUT2D eigenvalue weighted by atomic mass is 35.5. The van der Waals surface area contributed by atoms with Crippen LogP contribution < -0.4 is 0 Å². The van der Waals surface area contributed by atoms with Crippen LogP contribution in [-0.2, 0) is 11.6 Å². The third kappa shape index (κ3) is 2.72. The first-order valence-corrected chi connectivity index (χ1v) is 6.63. The van der Waals surface area contributed by atoms with Crippen LogP contribution in [0, 0.1) is 0 Å². The Bertz CT molecular complexity index is 642. The van der Waals surface area contributed by atoms with E-state index in [0.29, 0.717) is 0 Å². The van der Waals surface area contributed by atoms with Gasteiger partial charge in [-0.25, -0.2) is 9.97 Å². The molecule has 0 atom stereocenters. The topological polar surface area (TPSA) is 30.2 Å². The zero-order chi connectivity index (χ0) is 15.3. The van der Waals surface area contributed by atoms with Gasteiger partial charge in [-0.05, 0) is 0 Å². The van der Waals surface area contributed by atoms with Gasteiger partial charge in [0.05, 0.1) is 11.4 Å². The molecule has 0 aromatic carbocycles. The van der Waals surface area contributed by atoms with Crippen molar-refractivity contribution in [3.05, 3.63) is 29.5 Å². The predicted molar refractivity (Wildman–Crippen MR) is 71.1 cm³/mol. The molecule has 0 unspecified atom stereocenters. The minimum atomic E-state index is -4.52. The number of fused-ring (bicyclic) bond motifs is 1. The quantitative estimate of drug-likeness (QED) is 0.721. The van der Waals surface area contributed by atoms with Gasteiger partial charge in [-0.1, -0.05) is 44.0 Å². The second-order valence-corrected chi connectivity index (χ2v) is 6.50. The second-order valence-electron chi connectivity index (χ2n) is 5.40. The fourth-order valence-electron chi connectivity index (χ4n) is 1.88. The summed E-state index contributed by atoms with van der Waals surface area (Å²) < 4.78 is 40.7. The molecule has 110 valence electrons. The molecule has 0 fully saturated rings. The number of rotatable bonds is 1. The Balaban J connectivity index is 2.79. The van der Waals surface area contributed by atoms with Gasteiger partial charge in [0.1, 0.15) is 16.8 Å². The predicted octanol–water partition coefficient (Wildman–Crippen LogP) is 4.52. The Labute approximate surface area is 123 Å². The smallest absolute Gasteiger partial charge is 0.279 e. The summed E-state index contributed by atoms with van der Waals surface area (Å²) in [6, 6.07) is 1.36. The molecule has 0 saturated heterocycles. The maximum atomic E-state index is 13.3. The first kappa shape index (κ1) is 15.4. The lowest BCUT2D eigenvalue weighted by Gasteiger charge is -2.19. The number of aromatic nitrogens is 3. The number of alkyl halides is 5. The van der Waals surface area contributed by atoms with Crippen LogP contribution >= 0.6 is 23.2 Å². The number of nitrogens with zero attached hydrogens (tertiary/aromatic N) is 3. The van der Waals surface area contributed by atoms with Gasteiger partial charge in [0.15, 0.2) is 5.69 Å². The number of halogens is 5. The molecule has 2 aromatic rings. The van der Waals surface area contributed by atoms with E-state index in [1.807, 2.05) is 0 Å². The van der Waals surface area contributed by atoms with Gasteiger partial charge in [-0.3, -0.25) is 4.40 Å². The highest BCUT2D eigenvalue weighted by molar-refractivity contribution is 6.43. The van der Waals surface area contributed by atoms with Gasteiger partial charge in [-0.15, -0.1) is 0 Å². The molecule has 0 bridgehead atoms. The molecule has 2 heterocycles. The van der Waals surface area contributed by atoms with Crippen molar-refractivity contribution in [1.29, 1.82) is 0 Å². The second kappa shape index (κ2) is 4.77. The van der Waals surface area contributed by atoms with Crippen LogP contribution in [-0.4, -0.2) is 14.4 Å². The molecule has 8 heteroatoms. The summed E-state index contributed by atoms with van der Waals surface area (Å²) in [5.41, 5.74) is -1.22. The zero-order valence-corrected chi connectivity index (χ0v) is 12.5. The standard InChI is InChI=1S/C12H12Cl2F3N3/c1-11(2,3)8-9(12(15,16)17)20-5-18-6(10(13)14)4-7(20)19-8/h4-5,10H,1-3H3. The summed E-state index contributed by atoms with van der Waals surface area (Å²) in [6.45, 7) is 5.01. The summed E-state index contributed by atoms with van der Waals surface area (Å²) in [4.78, 5) is 7.00. The molecule has 0 aliphatic rings. The Hall–Kier alpha value is -1.01. The fourth-order valence-corrected chi connectivity index (χ4v) is 2.11. The number of hydrogen-bond donors (Lipinski definition) is 0. The third-order valence-corrected chi connectivity index (χ3v) is 3.19. The van der Waals surface area contributed by atoms with Gasteiger partial charge >= 0.3 is 6.18 Å². The van der Waals surface area contributed by atoms with E-state index in [0.717, 1.165) is 10.7 Å². The van der Waals surface area contributed by atoms with Crippen molar-refractivity contribution >= 4 is 28.8 Å². The van der Waals surface area contributed by atoms with E-state index in [2.05, 4.69) is 9.97 Å². The van der Waals surface area contributed by atoms with Crippen LogP contribution in [0.25, 0.3) is 5.65 Å². The molecule has 0 N–H and O–H groups in total. The minimum Gasteiger partial charge on any atom is -0.279 e. The molecule has 2 aromatic heterocycles. The van der Waals surface area contributed by atoms with Gasteiger partial charge in [0.25, 0.3) is 0 Å². The van der Waals surface area contributed by atoms with E-state index in [4.69, 9.17) is 23.2 Å². The van der Waals surface area contributed by atoms with E-state index >= 15 is 0 Å². The fraction of sp³-hybridized carbons (Fsp3) is 0.500. The molecule has 0 saturated carbocycles. The number of imidazole rings is 1. The van der Waals surface area contributed by atoms with Crippen LogP contribution in [0.5, 0.6) is 0 Å². The maximum Gasteiger partial charge on any atom is 0.433 e. The van der Waals surface area contributed by atoms with Crippen molar-refractivity contribution in [2.75, 3.05) is 0 Å². The van der Waals surface area contributed by atoms with Crippen molar-refractivity contribution in [1.82, 2.24) is 14.4 Å². The van der Waals surface area contributed by atoms with Crippen molar-refractivity contribution < 1.29 is 13.2 Å². The lowest BCUT2D eigenvalue weighted by molar-refractivity contribution is -0.143. The van der Waals surface area contributed by atoms with Crippen LogP contribution in [0.2, 0.25) is 0 Å².